The number of amides is 1. The van der Waals surface area contributed by atoms with E-state index in [-0.39, 0.29) is 5.91 Å². The van der Waals surface area contributed by atoms with Crippen LogP contribution in [-0.2, 0) is 24.3 Å². The van der Waals surface area contributed by atoms with Crippen LogP contribution in [0.5, 0.6) is 0 Å². The van der Waals surface area contributed by atoms with Crippen LogP contribution < -0.4 is 10.6 Å². The van der Waals surface area contributed by atoms with E-state index >= 15 is 0 Å². The maximum atomic E-state index is 12.3. The van der Waals surface area contributed by atoms with Crippen LogP contribution in [0.15, 0.2) is 48.5 Å². The number of benzene rings is 2. The Balaban J connectivity index is 1.96. The molecule has 2 aromatic carbocycles. The number of para-hydroxylation sites is 1. The molecule has 3 heteroatoms. The predicted octanol–water partition coefficient (Wildman–Crippen LogP) is 2.62. The lowest BCUT2D eigenvalue weighted by atomic mass is 9.99. The van der Waals surface area contributed by atoms with Gasteiger partial charge < -0.3 is 10.6 Å². The highest BCUT2D eigenvalue weighted by Crippen LogP contribution is 2.29. The molecular weight excluding hydrogens is 248 g/mol. The van der Waals surface area contributed by atoms with Crippen molar-refractivity contribution >= 4 is 11.6 Å². The molecule has 3 nitrogen and oxygen atoms in total. The summed E-state index contributed by atoms with van der Waals surface area (Å²) in [5.41, 5.74) is 10.3. The SMILES string of the molecule is NCc1ccccc1CN1C(=O)CCc2ccccc21. The molecule has 2 N–H and O–H groups in total. The van der Waals surface area contributed by atoms with Crippen molar-refractivity contribution in [3.8, 4) is 0 Å². The number of carbonyl (C=O) groups is 1. The minimum atomic E-state index is 0.190. The van der Waals surface area contributed by atoms with Crippen LogP contribution in [0.1, 0.15) is 23.1 Å². The smallest absolute Gasteiger partial charge is 0.227 e. The van der Waals surface area contributed by atoms with E-state index in [2.05, 4.69) is 6.07 Å². The molecule has 1 aliphatic rings. The standard InChI is InChI=1S/C17H18N2O/c18-11-14-6-1-2-7-15(14)12-19-16-8-4-3-5-13(16)9-10-17(19)20/h1-8H,9-12,18H2. The summed E-state index contributed by atoms with van der Waals surface area (Å²) in [5.74, 6) is 0.190. The van der Waals surface area contributed by atoms with Gasteiger partial charge in [0.1, 0.15) is 0 Å². The van der Waals surface area contributed by atoms with Crippen LogP contribution in [-0.4, -0.2) is 5.91 Å². The summed E-state index contributed by atoms with van der Waals surface area (Å²) in [6.45, 7) is 1.10. The van der Waals surface area contributed by atoms with Gasteiger partial charge in [-0.3, -0.25) is 4.79 Å². The summed E-state index contributed by atoms with van der Waals surface area (Å²) in [7, 11) is 0. The quantitative estimate of drug-likeness (QED) is 0.928. The first-order valence-electron chi connectivity index (χ1n) is 6.94. The third-order valence-electron chi connectivity index (χ3n) is 3.86. The van der Waals surface area contributed by atoms with Gasteiger partial charge in [0.2, 0.25) is 5.91 Å². The van der Waals surface area contributed by atoms with E-state index in [1.54, 1.807) is 0 Å². The maximum absolute atomic E-state index is 12.3. The first-order chi connectivity index (χ1) is 9.79. The fourth-order valence-electron chi connectivity index (χ4n) is 2.75. The van der Waals surface area contributed by atoms with E-state index in [0.717, 1.165) is 23.2 Å². The molecule has 20 heavy (non-hydrogen) atoms. The molecule has 1 amide bonds. The van der Waals surface area contributed by atoms with Gasteiger partial charge in [-0.2, -0.15) is 0 Å². The third kappa shape index (κ3) is 2.32. The molecule has 3 rings (SSSR count). The molecule has 0 bridgehead atoms. The molecule has 102 valence electrons. The van der Waals surface area contributed by atoms with Gasteiger partial charge >= 0.3 is 0 Å². The summed E-state index contributed by atoms with van der Waals surface area (Å²) in [5, 5.41) is 0. The van der Waals surface area contributed by atoms with E-state index in [9.17, 15) is 4.79 Å². The summed E-state index contributed by atoms with van der Waals surface area (Å²) in [6, 6.07) is 16.2. The highest BCUT2D eigenvalue weighted by molar-refractivity contribution is 5.96. The van der Waals surface area contributed by atoms with E-state index in [1.165, 1.54) is 5.56 Å². The van der Waals surface area contributed by atoms with Crippen molar-refractivity contribution in [1.82, 2.24) is 0 Å². The van der Waals surface area contributed by atoms with Crippen LogP contribution in [0.3, 0.4) is 0 Å². The molecule has 0 aromatic heterocycles. The number of hydrogen-bond acceptors (Lipinski definition) is 2. The molecule has 0 fully saturated rings. The zero-order valence-electron chi connectivity index (χ0n) is 11.4. The minimum Gasteiger partial charge on any atom is -0.326 e. The Hall–Kier alpha value is -2.13. The second-order valence-corrected chi connectivity index (χ2v) is 5.08. The average Bonchev–Trinajstić information content (AvgIpc) is 2.50. The van der Waals surface area contributed by atoms with Gasteiger partial charge in [-0.15, -0.1) is 0 Å². The van der Waals surface area contributed by atoms with Gasteiger partial charge in [0.05, 0.1) is 6.54 Å². The molecular formula is C17H18N2O. The molecule has 0 atom stereocenters. The largest absolute Gasteiger partial charge is 0.326 e. The first kappa shape index (κ1) is 12.9. The number of anilines is 1. The predicted molar refractivity (Wildman–Crippen MR) is 80.3 cm³/mol. The Morgan fingerprint density at radius 1 is 0.950 bits per heavy atom. The second kappa shape index (κ2) is 5.47. The van der Waals surface area contributed by atoms with Crippen LogP contribution >= 0.6 is 0 Å². The van der Waals surface area contributed by atoms with Crippen LogP contribution in [0, 0.1) is 0 Å². The van der Waals surface area contributed by atoms with Crippen molar-refractivity contribution in [1.29, 1.82) is 0 Å². The second-order valence-electron chi connectivity index (χ2n) is 5.08. The lowest BCUT2D eigenvalue weighted by Gasteiger charge is -2.30. The molecule has 1 aliphatic heterocycles. The third-order valence-corrected chi connectivity index (χ3v) is 3.86. The van der Waals surface area contributed by atoms with E-state index in [0.29, 0.717) is 19.5 Å². The first-order valence-corrected chi connectivity index (χ1v) is 6.94. The molecule has 0 saturated heterocycles. The van der Waals surface area contributed by atoms with Gasteiger partial charge in [0.25, 0.3) is 0 Å². The van der Waals surface area contributed by atoms with Gasteiger partial charge in [0.15, 0.2) is 0 Å². The van der Waals surface area contributed by atoms with Crippen molar-refractivity contribution in [2.24, 2.45) is 5.73 Å². The topological polar surface area (TPSA) is 46.3 Å². The molecule has 0 unspecified atom stereocenters. The van der Waals surface area contributed by atoms with Crippen LogP contribution in [0.2, 0.25) is 0 Å². The Morgan fingerprint density at radius 2 is 1.65 bits per heavy atom. The number of nitrogens with zero attached hydrogens (tertiary/aromatic N) is 1. The molecule has 1 heterocycles. The van der Waals surface area contributed by atoms with Crippen LogP contribution in [0.25, 0.3) is 0 Å². The van der Waals surface area contributed by atoms with Crippen molar-refractivity contribution in [3.05, 3.63) is 65.2 Å². The average molecular weight is 266 g/mol. The fraction of sp³-hybridized carbons (Fsp3) is 0.235. The zero-order valence-corrected chi connectivity index (χ0v) is 11.4. The van der Waals surface area contributed by atoms with Crippen LogP contribution in [0.4, 0.5) is 5.69 Å². The van der Waals surface area contributed by atoms with E-state index in [1.807, 2.05) is 47.4 Å². The summed E-state index contributed by atoms with van der Waals surface area (Å²) in [6.07, 6.45) is 1.42. The number of hydrogen-bond donors (Lipinski definition) is 1. The molecule has 0 saturated carbocycles. The highest BCUT2D eigenvalue weighted by atomic mass is 16.2. The number of rotatable bonds is 3. The van der Waals surface area contributed by atoms with Gasteiger partial charge in [-0.25, -0.2) is 0 Å². The lowest BCUT2D eigenvalue weighted by molar-refractivity contribution is -0.119. The monoisotopic (exact) mass is 266 g/mol. The van der Waals surface area contributed by atoms with Crippen molar-refractivity contribution in [2.45, 2.75) is 25.9 Å². The zero-order chi connectivity index (χ0) is 13.9. The Labute approximate surface area is 119 Å². The summed E-state index contributed by atoms with van der Waals surface area (Å²) >= 11 is 0. The van der Waals surface area contributed by atoms with E-state index < -0.39 is 0 Å². The van der Waals surface area contributed by atoms with E-state index in [4.69, 9.17) is 5.73 Å². The Bertz CT molecular complexity index is 636. The number of nitrogens with two attached hydrogens (primary N) is 1. The Kier molecular flexibility index (Phi) is 3.52. The number of aryl methyl sites for hydroxylation is 1. The lowest BCUT2D eigenvalue weighted by Crippen LogP contribution is -2.34. The highest BCUT2D eigenvalue weighted by Gasteiger charge is 2.24. The minimum absolute atomic E-state index is 0.190. The van der Waals surface area contributed by atoms with Gasteiger partial charge in [-0.1, -0.05) is 42.5 Å². The summed E-state index contributed by atoms with van der Waals surface area (Å²) in [4.78, 5) is 14.1. The number of fused-ring (bicyclic) bond motifs is 1. The normalized spacial score (nSPS) is 14.2. The molecule has 0 spiro atoms. The summed E-state index contributed by atoms with van der Waals surface area (Å²) < 4.78 is 0. The van der Waals surface area contributed by atoms with Gasteiger partial charge in [0, 0.05) is 18.7 Å². The maximum Gasteiger partial charge on any atom is 0.227 e. The molecule has 0 radical (unpaired) electrons. The van der Waals surface area contributed by atoms with Crippen molar-refractivity contribution in [3.63, 3.8) is 0 Å². The Morgan fingerprint density at radius 3 is 2.45 bits per heavy atom. The number of carbonyl (C=O) groups excluding carboxylic acids is 1. The van der Waals surface area contributed by atoms with Gasteiger partial charge in [-0.05, 0) is 29.2 Å². The fourth-order valence-corrected chi connectivity index (χ4v) is 2.75. The molecule has 2 aromatic rings. The van der Waals surface area contributed by atoms with Crippen molar-refractivity contribution < 1.29 is 4.79 Å². The van der Waals surface area contributed by atoms with Crippen molar-refractivity contribution in [2.75, 3.05) is 4.90 Å². The molecule has 0 aliphatic carbocycles.